The van der Waals surface area contributed by atoms with Crippen LogP contribution in [-0.4, -0.2) is 58.3 Å². The van der Waals surface area contributed by atoms with Crippen LogP contribution in [0, 0.1) is 0 Å². The first kappa shape index (κ1) is 20.7. The Morgan fingerprint density at radius 3 is 2.60 bits per heavy atom. The zero-order valence-electron chi connectivity index (χ0n) is 16.8. The molecule has 0 atom stereocenters. The van der Waals surface area contributed by atoms with Crippen LogP contribution in [0.3, 0.4) is 0 Å². The summed E-state index contributed by atoms with van der Waals surface area (Å²) in [4.78, 5) is 14.9. The summed E-state index contributed by atoms with van der Waals surface area (Å²) in [6, 6.07) is 3.65. The van der Waals surface area contributed by atoms with Crippen LogP contribution in [0.25, 0.3) is 11.4 Å². The van der Waals surface area contributed by atoms with Gasteiger partial charge in [-0.25, -0.2) is 13.4 Å². The maximum Gasteiger partial charge on any atom is 0.324 e. The van der Waals surface area contributed by atoms with Crippen LogP contribution in [0.5, 0.6) is 5.19 Å². The van der Waals surface area contributed by atoms with Crippen molar-refractivity contribution in [2.24, 2.45) is 0 Å². The summed E-state index contributed by atoms with van der Waals surface area (Å²) in [5, 5.41) is 4.52. The van der Waals surface area contributed by atoms with E-state index in [1.54, 1.807) is 6.07 Å². The van der Waals surface area contributed by atoms with Gasteiger partial charge in [-0.15, -0.1) is 0 Å². The van der Waals surface area contributed by atoms with Gasteiger partial charge in [-0.1, -0.05) is 19.0 Å². The SMILES string of the molecule is CC(C)c1noc(N2CCC(Oc3nc(-c4ccc(S(C)(=O)=O)nc4)ns3)CC2)n1. The number of sulfone groups is 1. The maximum atomic E-state index is 11.5. The summed E-state index contributed by atoms with van der Waals surface area (Å²) in [7, 11) is -3.34. The van der Waals surface area contributed by atoms with E-state index in [-0.39, 0.29) is 17.0 Å². The third-order valence-corrected chi connectivity index (χ3v) is 6.32. The molecule has 10 nitrogen and oxygen atoms in total. The lowest BCUT2D eigenvalue weighted by Crippen LogP contribution is -2.38. The molecule has 12 heteroatoms. The van der Waals surface area contributed by atoms with E-state index in [1.165, 1.54) is 23.8 Å². The molecule has 1 aliphatic rings. The van der Waals surface area contributed by atoms with Gasteiger partial charge < -0.3 is 14.2 Å². The normalized spacial score (nSPS) is 15.7. The van der Waals surface area contributed by atoms with Crippen LogP contribution >= 0.6 is 11.5 Å². The summed E-state index contributed by atoms with van der Waals surface area (Å²) in [5.74, 6) is 1.41. The second kappa shape index (κ2) is 8.26. The van der Waals surface area contributed by atoms with Crippen molar-refractivity contribution in [3.63, 3.8) is 0 Å². The Balaban J connectivity index is 1.34. The summed E-state index contributed by atoms with van der Waals surface area (Å²) in [6.45, 7) is 5.57. The van der Waals surface area contributed by atoms with Crippen LogP contribution in [0.15, 0.2) is 27.9 Å². The third kappa shape index (κ3) is 4.59. The van der Waals surface area contributed by atoms with Crippen LogP contribution in [-0.2, 0) is 9.84 Å². The fourth-order valence-corrected chi connectivity index (χ4v) is 4.18. The van der Waals surface area contributed by atoms with Gasteiger partial charge >= 0.3 is 6.01 Å². The third-order valence-electron chi connectivity index (χ3n) is 4.71. The number of aromatic nitrogens is 5. The number of anilines is 1. The summed E-state index contributed by atoms with van der Waals surface area (Å²) >= 11 is 1.17. The van der Waals surface area contributed by atoms with E-state index in [1.807, 2.05) is 13.8 Å². The van der Waals surface area contributed by atoms with Crippen molar-refractivity contribution < 1.29 is 17.7 Å². The Morgan fingerprint density at radius 2 is 2.00 bits per heavy atom. The zero-order valence-corrected chi connectivity index (χ0v) is 18.5. The first-order chi connectivity index (χ1) is 14.3. The second-order valence-electron chi connectivity index (χ2n) is 7.44. The molecule has 160 valence electrons. The van der Waals surface area contributed by atoms with Crippen molar-refractivity contribution in [2.45, 2.75) is 43.7 Å². The lowest BCUT2D eigenvalue weighted by Gasteiger charge is -2.29. The molecule has 1 saturated heterocycles. The van der Waals surface area contributed by atoms with Gasteiger partial charge in [-0.05, 0) is 12.1 Å². The fourth-order valence-electron chi connectivity index (χ4n) is 3.00. The molecule has 0 radical (unpaired) electrons. The molecule has 0 spiro atoms. The first-order valence-corrected chi connectivity index (χ1v) is 12.2. The molecule has 0 aromatic carbocycles. The highest BCUT2D eigenvalue weighted by Crippen LogP contribution is 2.27. The van der Waals surface area contributed by atoms with Gasteiger partial charge in [0.2, 0.25) is 0 Å². The molecule has 3 aromatic heterocycles. The van der Waals surface area contributed by atoms with Crippen molar-refractivity contribution in [1.82, 2.24) is 24.5 Å². The Bertz CT molecular complexity index is 1100. The quantitative estimate of drug-likeness (QED) is 0.553. The Hall–Kier alpha value is -2.60. The smallest absolute Gasteiger partial charge is 0.324 e. The highest BCUT2D eigenvalue weighted by molar-refractivity contribution is 7.90. The van der Waals surface area contributed by atoms with Gasteiger partial charge in [-0.2, -0.15) is 14.3 Å². The minimum absolute atomic E-state index is 0.0199. The van der Waals surface area contributed by atoms with E-state index >= 15 is 0 Å². The molecule has 1 fully saturated rings. The van der Waals surface area contributed by atoms with Crippen LogP contribution < -0.4 is 9.64 Å². The van der Waals surface area contributed by atoms with E-state index < -0.39 is 9.84 Å². The van der Waals surface area contributed by atoms with E-state index in [0.29, 0.717) is 28.4 Å². The van der Waals surface area contributed by atoms with Crippen molar-refractivity contribution >= 4 is 27.4 Å². The average molecular weight is 451 g/mol. The van der Waals surface area contributed by atoms with Gasteiger partial charge in [0.15, 0.2) is 26.5 Å². The molecule has 4 rings (SSSR count). The summed E-state index contributed by atoms with van der Waals surface area (Å²) < 4.78 is 38.7. The van der Waals surface area contributed by atoms with Crippen LogP contribution in [0.2, 0.25) is 0 Å². The molecular weight excluding hydrogens is 428 g/mol. The number of pyridine rings is 1. The largest absolute Gasteiger partial charge is 0.466 e. The van der Waals surface area contributed by atoms with Crippen molar-refractivity contribution in [1.29, 1.82) is 0 Å². The molecule has 0 saturated carbocycles. The van der Waals surface area contributed by atoms with Gasteiger partial charge in [0.1, 0.15) is 6.10 Å². The molecular formula is C18H22N6O4S2. The van der Waals surface area contributed by atoms with Crippen LogP contribution in [0.4, 0.5) is 6.01 Å². The second-order valence-corrected chi connectivity index (χ2v) is 10.1. The van der Waals surface area contributed by atoms with Crippen molar-refractivity contribution in [3.05, 3.63) is 24.2 Å². The lowest BCUT2D eigenvalue weighted by molar-refractivity contribution is 0.168. The van der Waals surface area contributed by atoms with Crippen molar-refractivity contribution in [3.8, 4) is 16.6 Å². The molecule has 1 aliphatic heterocycles. The zero-order chi connectivity index (χ0) is 21.3. The molecule has 0 aliphatic carbocycles. The number of ether oxygens (including phenoxy) is 1. The Labute approximate surface area is 178 Å². The monoisotopic (exact) mass is 450 g/mol. The summed E-state index contributed by atoms with van der Waals surface area (Å²) in [5.41, 5.74) is 0.640. The van der Waals surface area contributed by atoms with Gasteiger partial charge in [-0.3, -0.25) is 0 Å². The number of hydrogen-bond acceptors (Lipinski definition) is 11. The number of piperidine rings is 1. The molecule has 0 amide bonds. The number of rotatable bonds is 6. The van der Waals surface area contributed by atoms with E-state index in [4.69, 9.17) is 9.26 Å². The van der Waals surface area contributed by atoms with Gasteiger partial charge in [0.05, 0.1) is 0 Å². The fraction of sp³-hybridized carbons (Fsp3) is 0.500. The number of hydrogen-bond donors (Lipinski definition) is 0. The van der Waals surface area contributed by atoms with Gasteiger partial charge in [0, 0.05) is 61.4 Å². The molecule has 3 aromatic rings. The Kier molecular flexibility index (Phi) is 5.69. The topological polar surface area (TPSA) is 124 Å². The highest BCUT2D eigenvalue weighted by Gasteiger charge is 2.25. The molecule has 4 heterocycles. The standard InChI is InChI=1S/C18H22N6O4S2/c1-11(2)15-20-17(28-22-15)24-8-6-13(7-9-24)27-18-21-16(23-29-18)12-4-5-14(19-10-12)30(3,25)26/h4-5,10-11,13H,6-9H2,1-3H3. The molecule has 0 N–H and O–H groups in total. The summed E-state index contributed by atoms with van der Waals surface area (Å²) in [6.07, 6.45) is 4.21. The molecule has 0 unspecified atom stereocenters. The lowest BCUT2D eigenvalue weighted by atomic mass is 10.1. The van der Waals surface area contributed by atoms with E-state index in [9.17, 15) is 8.42 Å². The molecule has 30 heavy (non-hydrogen) atoms. The predicted molar refractivity (Wildman–Crippen MR) is 110 cm³/mol. The highest BCUT2D eigenvalue weighted by atomic mass is 32.2. The maximum absolute atomic E-state index is 11.5. The van der Waals surface area contributed by atoms with Gasteiger partial charge in [0.25, 0.3) is 5.19 Å². The van der Waals surface area contributed by atoms with Crippen molar-refractivity contribution in [2.75, 3.05) is 24.2 Å². The Morgan fingerprint density at radius 1 is 1.23 bits per heavy atom. The first-order valence-electron chi connectivity index (χ1n) is 9.55. The minimum atomic E-state index is -3.34. The van der Waals surface area contributed by atoms with E-state index in [2.05, 4.69) is 29.4 Å². The predicted octanol–water partition coefficient (Wildman–Crippen LogP) is 2.56. The average Bonchev–Trinajstić information content (AvgIpc) is 3.38. The number of nitrogens with zero attached hydrogens (tertiary/aromatic N) is 6. The minimum Gasteiger partial charge on any atom is -0.466 e. The van der Waals surface area contributed by atoms with Crippen LogP contribution in [0.1, 0.15) is 38.4 Å². The van der Waals surface area contributed by atoms with E-state index in [0.717, 1.165) is 32.2 Å². The molecule has 0 bridgehead atoms.